The first-order valence-electron chi connectivity index (χ1n) is 8.20. The van der Waals surface area contributed by atoms with Crippen LogP contribution in [0.2, 0.25) is 0 Å². The largest absolute Gasteiger partial charge is 0.447 e. The molecule has 0 aromatic carbocycles. The highest BCUT2D eigenvalue weighted by Gasteiger charge is 2.80. The lowest BCUT2D eigenvalue weighted by molar-refractivity contribution is -0.294. The average molecular weight is 333 g/mol. The Bertz CT molecular complexity index is 850. The van der Waals surface area contributed by atoms with E-state index < -0.39 is 28.6 Å². The molecule has 3 aliphatic rings. The molecule has 1 saturated carbocycles. The standard InChI is InChI=1S/C18H15N5O2/c19-9-16(10-20)14(12-4-7-23-8-5-12)24-18-6-2-1-3-13(18)17(16,11-21)15(22)25-18/h4-5,7-8,13-14,22H,1-3,6H2. The van der Waals surface area contributed by atoms with Gasteiger partial charge >= 0.3 is 0 Å². The Balaban J connectivity index is 2.01. The lowest BCUT2D eigenvalue weighted by Gasteiger charge is -2.51. The molecule has 1 aromatic rings. The predicted octanol–water partition coefficient (Wildman–Crippen LogP) is 2.59. The SMILES string of the molecule is N#CC1(C#N)C(c2ccncc2)OC23CCCCC2C1(C#N)C(=N)O3. The molecule has 4 rings (SSSR count). The summed E-state index contributed by atoms with van der Waals surface area (Å²) in [6, 6.07) is 9.58. The molecule has 25 heavy (non-hydrogen) atoms. The Morgan fingerprint density at radius 2 is 1.84 bits per heavy atom. The van der Waals surface area contributed by atoms with Crippen LogP contribution in [0.5, 0.6) is 0 Å². The molecular weight excluding hydrogens is 318 g/mol. The minimum atomic E-state index is -1.86. The monoisotopic (exact) mass is 333 g/mol. The fourth-order valence-electron chi connectivity index (χ4n) is 4.70. The van der Waals surface area contributed by atoms with Crippen LogP contribution in [0.4, 0.5) is 0 Å². The summed E-state index contributed by atoms with van der Waals surface area (Å²) in [5, 5.41) is 38.5. The average Bonchev–Trinajstić information content (AvgIpc) is 2.87. The first kappa shape index (κ1) is 15.6. The molecule has 1 aromatic heterocycles. The second-order valence-electron chi connectivity index (χ2n) is 6.77. The number of nitriles is 3. The van der Waals surface area contributed by atoms with Crippen LogP contribution < -0.4 is 0 Å². The number of ether oxygens (including phenoxy) is 2. The fourth-order valence-corrected chi connectivity index (χ4v) is 4.70. The Kier molecular flexibility index (Phi) is 3.13. The van der Waals surface area contributed by atoms with E-state index in [4.69, 9.17) is 14.9 Å². The third-order valence-electron chi connectivity index (χ3n) is 5.83. The first-order chi connectivity index (χ1) is 12.1. The van der Waals surface area contributed by atoms with Crippen LogP contribution in [-0.4, -0.2) is 16.7 Å². The van der Waals surface area contributed by atoms with Crippen molar-refractivity contribution in [2.45, 2.75) is 37.6 Å². The summed E-state index contributed by atoms with van der Waals surface area (Å²) in [4.78, 5) is 3.97. The van der Waals surface area contributed by atoms with E-state index in [2.05, 4.69) is 11.1 Å². The smallest absolute Gasteiger partial charge is 0.217 e. The van der Waals surface area contributed by atoms with E-state index in [9.17, 15) is 15.8 Å². The van der Waals surface area contributed by atoms with Gasteiger partial charge in [0.2, 0.25) is 17.1 Å². The molecule has 1 aliphatic carbocycles. The maximum Gasteiger partial charge on any atom is 0.217 e. The van der Waals surface area contributed by atoms with Crippen molar-refractivity contribution in [3.05, 3.63) is 30.1 Å². The van der Waals surface area contributed by atoms with Crippen LogP contribution in [0.25, 0.3) is 0 Å². The van der Waals surface area contributed by atoms with Gasteiger partial charge in [-0.3, -0.25) is 10.4 Å². The van der Waals surface area contributed by atoms with E-state index in [0.29, 0.717) is 18.4 Å². The molecular formula is C18H15N5O2. The molecule has 2 saturated heterocycles. The van der Waals surface area contributed by atoms with Gasteiger partial charge in [-0.1, -0.05) is 6.42 Å². The summed E-state index contributed by atoms with van der Waals surface area (Å²) in [6.07, 6.45) is 4.94. The fraction of sp³-hybridized carbons (Fsp3) is 0.500. The van der Waals surface area contributed by atoms with E-state index in [1.54, 1.807) is 24.5 Å². The van der Waals surface area contributed by atoms with Gasteiger partial charge < -0.3 is 9.47 Å². The zero-order valence-electron chi connectivity index (χ0n) is 13.4. The normalized spacial score (nSPS) is 37.7. The summed E-state index contributed by atoms with van der Waals surface area (Å²) in [5.41, 5.74) is -2.91. The number of hydrogen-bond acceptors (Lipinski definition) is 7. The molecule has 7 heteroatoms. The van der Waals surface area contributed by atoms with E-state index in [-0.39, 0.29) is 5.90 Å². The first-order valence-corrected chi connectivity index (χ1v) is 8.20. The Morgan fingerprint density at radius 1 is 1.12 bits per heavy atom. The highest BCUT2D eigenvalue weighted by molar-refractivity contribution is 5.89. The molecule has 1 N–H and O–H groups in total. The summed E-state index contributed by atoms with van der Waals surface area (Å²) < 4.78 is 12.1. The van der Waals surface area contributed by atoms with Gasteiger partial charge in [0, 0.05) is 18.8 Å². The Labute approximate surface area is 144 Å². The van der Waals surface area contributed by atoms with Crippen LogP contribution in [0.15, 0.2) is 24.5 Å². The van der Waals surface area contributed by atoms with Gasteiger partial charge in [0.1, 0.15) is 6.10 Å². The lowest BCUT2D eigenvalue weighted by atomic mass is 9.51. The number of rotatable bonds is 1. The number of hydrogen-bond donors (Lipinski definition) is 1. The van der Waals surface area contributed by atoms with Crippen LogP contribution in [0, 0.1) is 56.2 Å². The second kappa shape index (κ2) is 5.02. The molecule has 7 nitrogen and oxygen atoms in total. The molecule has 4 unspecified atom stereocenters. The van der Waals surface area contributed by atoms with Crippen LogP contribution in [0.3, 0.4) is 0 Å². The maximum absolute atomic E-state index is 10.1. The Hall–Kier alpha value is -2.95. The van der Waals surface area contributed by atoms with E-state index >= 15 is 0 Å². The van der Waals surface area contributed by atoms with Crippen LogP contribution >= 0.6 is 0 Å². The van der Waals surface area contributed by atoms with Crippen molar-refractivity contribution in [1.82, 2.24) is 4.98 Å². The number of nitrogens with one attached hydrogen (secondary N) is 1. The number of pyridine rings is 1. The van der Waals surface area contributed by atoms with E-state index in [1.807, 2.05) is 12.1 Å². The zero-order chi connectivity index (χ0) is 17.7. The minimum absolute atomic E-state index is 0.318. The Morgan fingerprint density at radius 3 is 2.48 bits per heavy atom. The minimum Gasteiger partial charge on any atom is -0.447 e. The van der Waals surface area contributed by atoms with Crippen molar-refractivity contribution in [2.75, 3.05) is 0 Å². The molecule has 2 aliphatic heterocycles. The van der Waals surface area contributed by atoms with Gasteiger partial charge in [0.25, 0.3) is 0 Å². The van der Waals surface area contributed by atoms with Crippen molar-refractivity contribution in [2.24, 2.45) is 16.7 Å². The highest BCUT2D eigenvalue weighted by Crippen LogP contribution is 2.69. The van der Waals surface area contributed by atoms with E-state index in [1.165, 1.54) is 0 Å². The van der Waals surface area contributed by atoms with Crippen molar-refractivity contribution in [3.8, 4) is 18.2 Å². The summed E-state index contributed by atoms with van der Waals surface area (Å²) >= 11 is 0. The molecule has 4 atom stereocenters. The molecule has 3 fully saturated rings. The summed E-state index contributed by atoms with van der Waals surface area (Å²) in [7, 11) is 0. The van der Waals surface area contributed by atoms with Crippen LogP contribution in [0.1, 0.15) is 37.4 Å². The van der Waals surface area contributed by atoms with Crippen LogP contribution in [-0.2, 0) is 9.47 Å². The zero-order valence-corrected chi connectivity index (χ0v) is 13.4. The molecule has 3 heterocycles. The van der Waals surface area contributed by atoms with E-state index in [0.717, 1.165) is 12.8 Å². The van der Waals surface area contributed by atoms with Gasteiger partial charge in [0.05, 0.1) is 24.1 Å². The van der Waals surface area contributed by atoms with Gasteiger partial charge in [0.15, 0.2) is 5.41 Å². The molecule has 0 spiro atoms. The third kappa shape index (κ3) is 1.60. The van der Waals surface area contributed by atoms with Gasteiger partial charge in [-0.05, 0) is 30.5 Å². The highest BCUT2D eigenvalue weighted by atomic mass is 16.7. The van der Waals surface area contributed by atoms with Crippen molar-refractivity contribution in [1.29, 1.82) is 21.2 Å². The molecule has 124 valence electrons. The second-order valence-corrected chi connectivity index (χ2v) is 6.77. The molecule has 2 bridgehead atoms. The van der Waals surface area contributed by atoms with Gasteiger partial charge in [-0.2, -0.15) is 15.8 Å². The molecule has 0 amide bonds. The maximum atomic E-state index is 10.1. The topological polar surface area (TPSA) is 127 Å². The third-order valence-corrected chi connectivity index (χ3v) is 5.83. The summed E-state index contributed by atoms with van der Waals surface area (Å²) in [5.74, 6) is -1.93. The van der Waals surface area contributed by atoms with Crippen molar-refractivity contribution >= 4 is 5.90 Å². The molecule has 0 radical (unpaired) electrons. The number of aromatic nitrogens is 1. The summed E-state index contributed by atoms with van der Waals surface area (Å²) in [6.45, 7) is 0. The van der Waals surface area contributed by atoms with Gasteiger partial charge in [-0.15, -0.1) is 0 Å². The van der Waals surface area contributed by atoms with Crippen molar-refractivity contribution in [3.63, 3.8) is 0 Å². The van der Waals surface area contributed by atoms with Crippen molar-refractivity contribution < 1.29 is 9.47 Å². The van der Waals surface area contributed by atoms with Gasteiger partial charge in [-0.25, -0.2) is 0 Å². The predicted molar refractivity (Wildman–Crippen MR) is 83.3 cm³/mol. The quantitative estimate of drug-likeness (QED) is 0.841. The number of nitrogens with zero attached hydrogens (tertiary/aromatic N) is 4. The lowest BCUT2D eigenvalue weighted by Crippen LogP contribution is -2.60.